The highest BCUT2D eigenvalue weighted by Gasteiger charge is 2.39. The first-order chi connectivity index (χ1) is 9.48. The summed E-state index contributed by atoms with van der Waals surface area (Å²) in [4.78, 5) is 25.5. The van der Waals surface area contributed by atoms with Crippen molar-refractivity contribution >= 4 is 11.9 Å². The summed E-state index contributed by atoms with van der Waals surface area (Å²) < 4.78 is 5.19. The lowest BCUT2D eigenvalue weighted by atomic mass is 9.82. The van der Waals surface area contributed by atoms with Gasteiger partial charge in [-0.2, -0.15) is 0 Å². The van der Waals surface area contributed by atoms with Crippen LogP contribution < -0.4 is 4.74 Å². The van der Waals surface area contributed by atoms with Gasteiger partial charge in [0, 0.05) is 13.1 Å². The molecule has 1 heterocycles. The minimum Gasteiger partial charge on any atom is -0.496 e. The van der Waals surface area contributed by atoms with Crippen molar-refractivity contribution in [3.05, 3.63) is 29.8 Å². The first-order valence-electron chi connectivity index (χ1n) is 6.63. The van der Waals surface area contributed by atoms with Gasteiger partial charge in [-0.3, -0.25) is 9.59 Å². The number of amides is 1. The zero-order valence-corrected chi connectivity index (χ0v) is 11.8. The number of hydrogen-bond acceptors (Lipinski definition) is 3. The van der Waals surface area contributed by atoms with E-state index >= 15 is 0 Å². The molecule has 1 aliphatic rings. The number of ether oxygens (including phenoxy) is 1. The van der Waals surface area contributed by atoms with Crippen molar-refractivity contribution in [2.75, 3.05) is 20.2 Å². The Morgan fingerprint density at radius 2 is 2.05 bits per heavy atom. The number of carbonyl (C=O) groups is 2. The summed E-state index contributed by atoms with van der Waals surface area (Å²) >= 11 is 0. The van der Waals surface area contributed by atoms with Crippen molar-refractivity contribution < 1.29 is 19.4 Å². The molecule has 1 fully saturated rings. The van der Waals surface area contributed by atoms with Crippen molar-refractivity contribution in [3.8, 4) is 5.75 Å². The number of benzene rings is 1. The molecule has 5 nitrogen and oxygen atoms in total. The third-order valence-corrected chi connectivity index (χ3v) is 3.84. The van der Waals surface area contributed by atoms with Crippen LogP contribution in [0.1, 0.15) is 30.1 Å². The van der Waals surface area contributed by atoms with Gasteiger partial charge in [0.15, 0.2) is 0 Å². The fourth-order valence-corrected chi connectivity index (χ4v) is 2.58. The van der Waals surface area contributed by atoms with Crippen LogP contribution in [0.5, 0.6) is 5.75 Å². The Kier molecular flexibility index (Phi) is 3.97. The third kappa shape index (κ3) is 2.61. The molecule has 0 radical (unpaired) electrons. The van der Waals surface area contributed by atoms with E-state index in [9.17, 15) is 14.7 Å². The van der Waals surface area contributed by atoms with E-state index in [2.05, 4.69) is 0 Å². The minimum absolute atomic E-state index is 0.172. The summed E-state index contributed by atoms with van der Waals surface area (Å²) in [5, 5.41) is 9.31. The number of hydrogen-bond donors (Lipinski definition) is 1. The minimum atomic E-state index is -0.865. The van der Waals surface area contributed by atoms with Crippen molar-refractivity contribution in [2.24, 2.45) is 5.41 Å². The summed E-state index contributed by atoms with van der Waals surface area (Å²) in [6.07, 6.45) is 1.29. The zero-order valence-electron chi connectivity index (χ0n) is 11.8. The van der Waals surface area contributed by atoms with E-state index in [1.807, 2.05) is 0 Å². The van der Waals surface area contributed by atoms with Crippen LogP contribution in [0.25, 0.3) is 0 Å². The molecular weight excluding hydrogens is 258 g/mol. The number of rotatable bonds is 3. The highest BCUT2D eigenvalue weighted by Crippen LogP contribution is 2.31. The van der Waals surface area contributed by atoms with Crippen LogP contribution in [-0.2, 0) is 4.79 Å². The van der Waals surface area contributed by atoms with Crippen molar-refractivity contribution in [2.45, 2.75) is 19.8 Å². The smallest absolute Gasteiger partial charge is 0.311 e. The quantitative estimate of drug-likeness (QED) is 0.918. The molecule has 5 heteroatoms. The van der Waals surface area contributed by atoms with Gasteiger partial charge >= 0.3 is 5.97 Å². The summed E-state index contributed by atoms with van der Waals surface area (Å²) in [6.45, 7) is 2.51. The molecule has 0 aliphatic carbocycles. The van der Waals surface area contributed by atoms with Gasteiger partial charge in [-0.1, -0.05) is 12.1 Å². The molecule has 0 aromatic heterocycles. The van der Waals surface area contributed by atoms with Crippen LogP contribution in [0.15, 0.2) is 24.3 Å². The van der Waals surface area contributed by atoms with Crippen molar-refractivity contribution in [1.29, 1.82) is 0 Å². The number of nitrogens with zero attached hydrogens (tertiary/aromatic N) is 1. The largest absolute Gasteiger partial charge is 0.496 e. The molecule has 20 heavy (non-hydrogen) atoms. The Bertz CT molecular complexity index is 528. The lowest BCUT2D eigenvalue weighted by Crippen LogP contribution is -2.48. The number of likely N-dealkylation sites (tertiary alicyclic amines) is 1. The van der Waals surface area contributed by atoms with Crippen LogP contribution in [0.3, 0.4) is 0 Å². The predicted molar refractivity (Wildman–Crippen MR) is 73.9 cm³/mol. The number of carbonyl (C=O) groups excluding carboxylic acids is 1. The molecule has 1 aliphatic heterocycles. The zero-order chi connectivity index (χ0) is 14.8. The van der Waals surface area contributed by atoms with Gasteiger partial charge in [-0.05, 0) is 31.9 Å². The Balaban J connectivity index is 2.23. The van der Waals surface area contributed by atoms with Gasteiger partial charge in [0.1, 0.15) is 5.75 Å². The number of piperidine rings is 1. The topological polar surface area (TPSA) is 66.8 Å². The van der Waals surface area contributed by atoms with E-state index in [-0.39, 0.29) is 12.5 Å². The molecule has 1 amide bonds. The van der Waals surface area contributed by atoms with Crippen molar-refractivity contribution in [1.82, 2.24) is 4.90 Å². The molecule has 2 rings (SSSR count). The van der Waals surface area contributed by atoms with E-state index in [4.69, 9.17) is 4.74 Å². The fourth-order valence-electron chi connectivity index (χ4n) is 2.58. The highest BCUT2D eigenvalue weighted by atomic mass is 16.5. The van der Waals surface area contributed by atoms with Gasteiger partial charge in [0.05, 0.1) is 18.1 Å². The second-order valence-corrected chi connectivity index (χ2v) is 5.40. The molecule has 1 N–H and O–H groups in total. The number of para-hydroxylation sites is 1. The van der Waals surface area contributed by atoms with Crippen LogP contribution in [0, 0.1) is 5.41 Å². The lowest BCUT2D eigenvalue weighted by Gasteiger charge is -2.37. The Morgan fingerprint density at radius 3 is 2.70 bits per heavy atom. The first-order valence-corrected chi connectivity index (χ1v) is 6.63. The van der Waals surface area contributed by atoms with Crippen LogP contribution in [-0.4, -0.2) is 42.1 Å². The summed E-state index contributed by atoms with van der Waals surface area (Å²) in [5.41, 5.74) is -0.389. The predicted octanol–water partition coefficient (Wildman–Crippen LogP) is 2.02. The molecule has 1 aromatic rings. The summed E-state index contributed by atoms with van der Waals surface area (Å²) in [6, 6.07) is 7.00. The number of aliphatic carboxylic acids is 1. The molecule has 0 bridgehead atoms. The van der Waals surface area contributed by atoms with Gasteiger partial charge < -0.3 is 14.7 Å². The van der Waals surface area contributed by atoms with Crippen LogP contribution >= 0.6 is 0 Å². The van der Waals surface area contributed by atoms with Crippen LogP contribution in [0.4, 0.5) is 0 Å². The van der Waals surface area contributed by atoms with E-state index in [1.165, 1.54) is 7.11 Å². The monoisotopic (exact) mass is 277 g/mol. The van der Waals surface area contributed by atoms with Gasteiger partial charge in [-0.25, -0.2) is 0 Å². The Morgan fingerprint density at radius 1 is 1.35 bits per heavy atom. The third-order valence-electron chi connectivity index (χ3n) is 3.84. The summed E-state index contributed by atoms with van der Waals surface area (Å²) in [5.74, 6) is -0.509. The van der Waals surface area contributed by atoms with E-state index < -0.39 is 11.4 Å². The number of carboxylic acid groups (broad SMARTS) is 1. The molecule has 0 spiro atoms. The van der Waals surface area contributed by atoms with Crippen molar-refractivity contribution in [3.63, 3.8) is 0 Å². The SMILES string of the molecule is COc1ccccc1C(=O)N1CCCC(C)(C(=O)O)C1. The lowest BCUT2D eigenvalue weighted by molar-refractivity contribution is -0.150. The van der Waals surface area contributed by atoms with E-state index in [0.29, 0.717) is 30.7 Å². The number of carboxylic acids is 1. The second-order valence-electron chi connectivity index (χ2n) is 5.40. The average Bonchev–Trinajstić information content (AvgIpc) is 2.46. The van der Waals surface area contributed by atoms with E-state index in [1.54, 1.807) is 36.1 Å². The maximum absolute atomic E-state index is 12.5. The maximum Gasteiger partial charge on any atom is 0.311 e. The molecule has 1 saturated heterocycles. The standard InChI is InChI=1S/C15H19NO4/c1-15(14(18)19)8-5-9-16(10-15)13(17)11-6-3-4-7-12(11)20-2/h3-4,6-7H,5,8-10H2,1-2H3,(H,18,19). The Labute approximate surface area is 118 Å². The van der Waals surface area contributed by atoms with Crippen LogP contribution in [0.2, 0.25) is 0 Å². The van der Waals surface area contributed by atoms with E-state index in [0.717, 1.165) is 0 Å². The molecule has 108 valence electrons. The second kappa shape index (κ2) is 5.53. The Hall–Kier alpha value is -2.04. The highest BCUT2D eigenvalue weighted by molar-refractivity contribution is 5.97. The average molecular weight is 277 g/mol. The molecule has 1 atom stereocenters. The maximum atomic E-state index is 12.5. The molecule has 1 aromatic carbocycles. The molecule has 1 unspecified atom stereocenters. The fraction of sp³-hybridized carbons (Fsp3) is 0.467. The summed E-state index contributed by atoms with van der Waals surface area (Å²) in [7, 11) is 1.52. The molecule has 0 saturated carbocycles. The molecular formula is C15H19NO4. The normalized spacial score (nSPS) is 22.4. The number of methoxy groups -OCH3 is 1. The first kappa shape index (κ1) is 14.4. The van der Waals surface area contributed by atoms with Gasteiger partial charge in [0.2, 0.25) is 0 Å². The van der Waals surface area contributed by atoms with Gasteiger partial charge in [0.25, 0.3) is 5.91 Å². The van der Waals surface area contributed by atoms with Gasteiger partial charge in [-0.15, -0.1) is 0 Å².